The number of nitrogens with one attached hydrogen (secondary N) is 1. The van der Waals surface area contributed by atoms with Crippen LogP contribution in [0.5, 0.6) is 0 Å². The molecule has 4 rings (SSSR count). The molecule has 1 saturated heterocycles. The SMILES string of the molecule is CC1=C(C(=O)O)N2C(=O)C(NC(=O)c3conc3-c3cccc(C)c3)[C@H]2SC1. The Morgan fingerprint density at radius 2 is 2.14 bits per heavy atom. The number of aryl methyl sites for hydroxylation is 1. The van der Waals surface area contributed by atoms with Gasteiger partial charge in [-0.15, -0.1) is 11.8 Å². The van der Waals surface area contributed by atoms with Crippen molar-refractivity contribution in [2.75, 3.05) is 5.75 Å². The third-order valence-corrected chi connectivity index (χ3v) is 6.18. The van der Waals surface area contributed by atoms with Gasteiger partial charge in [0.25, 0.3) is 11.8 Å². The number of carboxylic acids is 1. The first kappa shape index (κ1) is 18.3. The zero-order valence-corrected chi connectivity index (χ0v) is 15.9. The molecular formula is C19H17N3O5S. The van der Waals surface area contributed by atoms with E-state index in [1.54, 1.807) is 6.92 Å². The van der Waals surface area contributed by atoms with Gasteiger partial charge < -0.3 is 14.9 Å². The number of nitrogens with zero attached hydrogens (tertiary/aromatic N) is 2. The summed E-state index contributed by atoms with van der Waals surface area (Å²) in [7, 11) is 0. The highest BCUT2D eigenvalue weighted by atomic mass is 32.2. The quantitative estimate of drug-likeness (QED) is 0.756. The maximum absolute atomic E-state index is 12.8. The summed E-state index contributed by atoms with van der Waals surface area (Å²) in [6.45, 7) is 3.62. The number of carbonyl (C=O) groups excluding carboxylic acids is 2. The molecule has 0 radical (unpaired) electrons. The van der Waals surface area contributed by atoms with E-state index in [0.29, 0.717) is 17.0 Å². The lowest BCUT2D eigenvalue weighted by Crippen LogP contribution is -2.70. The molecule has 2 N–H and O–H groups in total. The summed E-state index contributed by atoms with van der Waals surface area (Å²) in [5.74, 6) is -1.57. The Kier molecular flexibility index (Phi) is 4.46. The zero-order valence-electron chi connectivity index (χ0n) is 15.1. The molecule has 2 aromatic rings. The average Bonchev–Trinajstić information content (AvgIpc) is 3.15. The molecule has 2 amide bonds. The maximum atomic E-state index is 12.8. The van der Waals surface area contributed by atoms with Crippen LogP contribution in [-0.4, -0.2) is 50.1 Å². The molecule has 0 spiro atoms. The first-order valence-corrected chi connectivity index (χ1v) is 9.63. The van der Waals surface area contributed by atoms with Crippen molar-refractivity contribution in [3.8, 4) is 11.3 Å². The van der Waals surface area contributed by atoms with Crippen molar-refractivity contribution in [3.05, 3.63) is 52.9 Å². The van der Waals surface area contributed by atoms with Crippen molar-refractivity contribution in [2.45, 2.75) is 25.3 Å². The Labute approximate surface area is 164 Å². The molecule has 2 atom stereocenters. The second kappa shape index (κ2) is 6.83. The topological polar surface area (TPSA) is 113 Å². The molecule has 1 fully saturated rings. The molecule has 0 saturated carbocycles. The van der Waals surface area contributed by atoms with E-state index in [-0.39, 0.29) is 11.3 Å². The highest BCUT2D eigenvalue weighted by Gasteiger charge is 2.53. The summed E-state index contributed by atoms with van der Waals surface area (Å²) in [4.78, 5) is 38.0. The molecule has 2 aliphatic heterocycles. The van der Waals surface area contributed by atoms with E-state index < -0.39 is 29.2 Å². The molecule has 0 aliphatic carbocycles. The van der Waals surface area contributed by atoms with Gasteiger partial charge in [0, 0.05) is 11.3 Å². The Morgan fingerprint density at radius 3 is 2.86 bits per heavy atom. The van der Waals surface area contributed by atoms with Gasteiger partial charge in [-0.2, -0.15) is 0 Å². The second-order valence-corrected chi connectivity index (χ2v) is 7.85. The number of carbonyl (C=O) groups is 3. The average molecular weight is 399 g/mol. The van der Waals surface area contributed by atoms with Crippen molar-refractivity contribution < 1.29 is 24.0 Å². The van der Waals surface area contributed by atoms with Crippen LogP contribution in [0, 0.1) is 6.92 Å². The van der Waals surface area contributed by atoms with E-state index in [2.05, 4.69) is 10.5 Å². The van der Waals surface area contributed by atoms with Crippen molar-refractivity contribution in [3.63, 3.8) is 0 Å². The van der Waals surface area contributed by atoms with E-state index >= 15 is 0 Å². The standard InChI is InChI=1S/C19H17N3O5S/c1-9-4-3-5-11(6-9)13-12(7-27-21-13)16(23)20-14-17(24)22-15(19(25)26)10(2)8-28-18(14)22/h3-7,14,18H,8H2,1-2H3,(H,20,23)(H,25,26)/t14?,18-/m1/s1. The van der Waals surface area contributed by atoms with Crippen LogP contribution in [0.25, 0.3) is 11.3 Å². The summed E-state index contributed by atoms with van der Waals surface area (Å²) >= 11 is 1.43. The molecule has 1 aromatic carbocycles. The van der Waals surface area contributed by atoms with Gasteiger partial charge in [-0.05, 0) is 25.5 Å². The fourth-order valence-corrected chi connectivity index (χ4v) is 4.69. The summed E-state index contributed by atoms with van der Waals surface area (Å²) in [6.07, 6.45) is 1.24. The number of β-lactam (4-membered cyclic amide) rings is 1. The van der Waals surface area contributed by atoms with Crippen LogP contribution in [0.15, 0.2) is 46.3 Å². The van der Waals surface area contributed by atoms with Crippen molar-refractivity contribution in [2.24, 2.45) is 0 Å². The lowest BCUT2D eigenvalue weighted by molar-refractivity contribution is -0.148. The third kappa shape index (κ3) is 2.88. The van der Waals surface area contributed by atoms with Gasteiger partial charge in [0.15, 0.2) is 0 Å². The lowest BCUT2D eigenvalue weighted by Gasteiger charge is -2.49. The van der Waals surface area contributed by atoms with Gasteiger partial charge in [-0.25, -0.2) is 4.79 Å². The molecule has 144 valence electrons. The van der Waals surface area contributed by atoms with Gasteiger partial charge in [-0.3, -0.25) is 14.5 Å². The second-order valence-electron chi connectivity index (χ2n) is 6.74. The molecule has 3 heterocycles. The fourth-order valence-electron chi connectivity index (χ4n) is 3.39. The van der Waals surface area contributed by atoms with E-state index in [0.717, 1.165) is 11.1 Å². The van der Waals surface area contributed by atoms with Crippen LogP contribution in [0.4, 0.5) is 0 Å². The predicted octanol–water partition coefficient (Wildman–Crippen LogP) is 2.02. The number of fused-ring (bicyclic) bond motifs is 1. The number of carboxylic acid groups (broad SMARTS) is 1. The summed E-state index contributed by atoms with van der Waals surface area (Å²) < 4.78 is 4.99. The smallest absolute Gasteiger partial charge is 0.352 e. The molecule has 1 aromatic heterocycles. The minimum absolute atomic E-state index is 0.00433. The van der Waals surface area contributed by atoms with Crippen LogP contribution < -0.4 is 5.32 Å². The van der Waals surface area contributed by atoms with Gasteiger partial charge in [-0.1, -0.05) is 28.9 Å². The molecular weight excluding hydrogens is 382 g/mol. The minimum Gasteiger partial charge on any atom is -0.477 e. The normalized spacial score (nSPS) is 21.2. The third-order valence-electron chi connectivity index (χ3n) is 4.75. The van der Waals surface area contributed by atoms with E-state index in [4.69, 9.17) is 4.52 Å². The number of aromatic nitrogens is 1. The van der Waals surface area contributed by atoms with Crippen molar-refractivity contribution >= 4 is 29.5 Å². The molecule has 1 unspecified atom stereocenters. The lowest BCUT2D eigenvalue weighted by atomic mass is 10.0. The molecule has 2 aliphatic rings. The predicted molar refractivity (Wildman–Crippen MR) is 101 cm³/mol. The molecule has 0 bridgehead atoms. The van der Waals surface area contributed by atoms with Crippen LogP contribution in [0.2, 0.25) is 0 Å². The Hall–Kier alpha value is -3.07. The van der Waals surface area contributed by atoms with E-state index in [1.165, 1.54) is 22.9 Å². The van der Waals surface area contributed by atoms with Gasteiger partial charge in [0.05, 0.1) is 0 Å². The Balaban J connectivity index is 1.55. The highest BCUT2D eigenvalue weighted by Crippen LogP contribution is 2.40. The number of hydrogen-bond donors (Lipinski definition) is 2. The summed E-state index contributed by atoms with van der Waals surface area (Å²) in [5.41, 5.74) is 3.00. The molecule has 28 heavy (non-hydrogen) atoms. The number of thioether (sulfide) groups is 1. The minimum atomic E-state index is -1.14. The maximum Gasteiger partial charge on any atom is 0.352 e. The van der Waals surface area contributed by atoms with Gasteiger partial charge in [0.2, 0.25) is 0 Å². The van der Waals surface area contributed by atoms with Crippen LogP contribution in [0.3, 0.4) is 0 Å². The van der Waals surface area contributed by atoms with Crippen molar-refractivity contribution in [1.82, 2.24) is 15.4 Å². The number of hydrogen-bond acceptors (Lipinski definition) is 6. The Morgan fingerprint density at radius 1 is 1.36 bits per heavy atom. The number of amides is 2. The van der Waals surface area contributed by atoms with Crippen LogP contribution in [0.1, 0.15) is 22.8 Å². The number of aliphatic carboxylic acids is 1. The zero-order chi connectivity index (χ0) is 20.0. The number of rotatable bonds is 4. The van der Waals surface area contributed by atoms with E-state index in [1.807, 2.05) is 31.2 Å². The first-order valence-electron chi connectivity index (χ1n) is 8.58. The first-order chi connectivity index (χ1) is 13.4. The van der Waals surface area contributed by atoms with Crippen molar-refractivity contribution in [1.29, 1.82) is 0 Å². The molecule has 8 nitrogen and oxygen atoms in total. The van der Waals surface area contributed by atoms with Crippen LogP contribution in [-0.2, 0) is 9.59 Å². The Bertz CT molecular complexity index is 1030. The number of benzene rings is 1. The van der Waals surface area contributed by atoms with Crippen LogP contribution >= 0.6 is 11.8 Å². The largest absolute Gasteiger partial charge is 0.477 e. The summed E-state index contributed by atoms with van der Waals surface area (Å²) in [5, 5.41) is 15.6. The van der Waals surface area contributed by atoms with Gasteiger partial charge >= 0.3 is 5.97 Å². The van der Waals surface area contributed by atoms with Gasteiger partial charge in [0.1, 0.15) is 34.6 Å². The highest BCUT2D eigenvalue weighted by molar-refractivity contribution is 8.00. The van der Waals surface area contributed by atoms with E-state index in [9.17, 15) is 19.5 Å². The molecule has 9 heteroatoms. The monoisotopic (exact) mass is 399 g/mol. The summed E-state index contributed by atoms with van der Waals surface area (Å²) in [6, 6.07) is 6.70. The fraction of sp³-hybridized carbons (Fsp3) is 0.263.